The summed E-state index contributed by atoms with van der Waals surface area (Å²) in [6.45, 7) is 7.17. The molecule has 1 aromatic rings. The second-order valence-corrected chi connectivity index (χ2v) is 6.26. The molecule has 0 spiro atoms. The molecule has 7 nitrogen and oxygen atoms in total. The molecule has 1 amide bonds. The minimum atomic E-state index is -0.392. The van der Waals surface area contributed by atoms with Gasteiger partial charge in [0.1, 0.15) is 5.69 Å². The number of carbonyl (C=O) groups is 1. The number of para-hydroxylation sites is 1. The van der Waals surface area contributed by atoms with Gasteiger partial charge in [-0.2, -0.15) is 0 Å². The van der Waals surface area contributed by atoms with Gasteiger partial charge in [-0.3, -0.25) is 14.9 Å². The van der Waals surface area contributed by atoms with Gasteiger partial charge in [-0.05, 0) is 31.9 Å². The fourth-order valence-electron chi connectivity index (χ4n) is 2.90. The maximum atomic E-state index is 11.9. The predicted octanol–water partition coefficient (Wildman–Crippen LogP) is 2.73. The van der Waals surface area contributed by atoms with Gasteiger partial charge in [-0.15, -0.1) is 0 Å². The van der Waals surface area contributed by atoms with E-state index in [-0.39, 0.29) is 29.3 Å². The third kappa shape index (κ3) is 4.15. The van der Waals surface area contributed by atoms with E-state index in [1.165, 1.54) is 0 Å². The number of hydrogen-bond donors (Lipinski definition) is 1. The first-order valence-corrected chi connectivity index (χ1v) is 8.39. The van der Waals surface area contributed by atoms with Crippen LogP contribution in [0.1, 0.15) is 33.6 Å². The van der Waals surface area contributed by atoms with Crippen LogP contribution in [0.3, 0.4) is 0 Å². The molecule has 0 aliphatic carbocycles. The number of anilines is 1. The topological polar surface area (TPSA) is 84.7 Å². The van der Waals surface area contributed by atoms with Gasteiger partial charge in [0.15, 0.2) is 5.75 Å². The van der Waals surface area contributed by atoms with E-state index in [0.717, 1.165) is 19.4 Å². The molecule has 0 radical (unpaired) electrons. The van der Waals surface area contributed by atoms with Crippen LogP contribution in [0.15, 0.2) is 18.2 Å². The second kappa shape index (κ2) is 7.99. The molecule has 132 valence electrons. The molecule has 1 aliphatic heterocycles. The fourth-order valence-corrected chi connectivity index (χ4v) is 2.90. The van der Waals surface area contributed by atoms with Gasteiger partial charge in [0.2, 0.25) is 5.91 Å². The average molecular weight is 335 g/mol. The van der Waals surface area contributed by atoms with Crippen molar-refractivity contribution in [3.05, 3.63) is 28.3 Å². The molecule has 1 aromatic carbocycles. The van der Waals surface area contributed by atoms with Crippen LogP contribution in [-0.4, -0.2) is 36.6 Å². The Kier molecular flexibility index (Phi) is 6.00. The van der Waals surface area contributed by atoms with Gasteiger partial charge < -0.3 is 15.0 Å². The van der Waals surface area contributed by atoms with Crippen LogP contribution in [0.25, 0.3) is 0 Å². The Labute approximate surface area is 142 Å². The number of nitro groups is 1. The number of rotatable bonds is 6. The Morgan fingerprint density at radius 3 is 2.88 bits per heavy atom. The molecule has 1 N–H and O–H groups in total. The molecule has 7 heteroatoms. The highest BCUT2D eigenvalue weighted by Gasteiger charge is 2.29. The Hall–Kier alpha value is -2.31. The van der Waals surface area contributed by atoms with Crippen LogP contribution < -0.4 is 15.0 Å². The standard InChI is InChI=1S/C17H25N3O4/c1-4-24-15-9-5-8-14(16(15)20(22)23)19-10-6-7-13(11-19)18-17(21)12(2)3/h5,8-9,12-13H,4,6-7,10-11H2,1-3H3,(H,18,21)/t13-/m0/s1. The third-order valence-corrected chi connectivity index (χ3v) is 4.09. The van der Waals surface area contributed by atoms with E-state index in [9.17, 15) is 14.9 Å². The highest BCUT2D eigenvalue weighted by atomic mass is 16.6. The number of nitro benzene ring substituents is 1. The Balaban J connectivity index is 2.22. The van der Waals surface area contributed by atoms with E-state index in [4.69, 9.17) is 4.74 Å². The second-order valence-electron chi connectivity index (χ2n) is 6.26. The number of piperidine rings is 1. The van der Waals surface area contributed by atoms with Crippen LogP contribution in [0.4, 0.5) is 11.4 Å². The molecular weight excluding hydrogens is 310 g/mol. The van der Waals surface area contributed by atoms with E-state index in [2.05, 4.69) is 5.32 Å². The van der Waals surface area contributed by atoms with Crippen LogP contribution in [0, 0.1) is 16.0 Å². The van der Waals surface area contributed by atoms with Crippen molar-refractivity contribution in [1.82, 2.24) is 5.32 Å². The van der Waals surface area contributed by atoms with Gasteiger partial charge in [0, 0.05) is 25.0 Å². The molecule has 0 aromatic heterocycles. The quantitative estimate of drug-likeness (QED) is 0.638. The Morgan fingerprint density at radius 1 is 1.50 bits per heavy atom. The van der Waals surface area contributed by atoms with Crippen LogP contribution >= 0.6 is 0 Å². The number of hydrogen-bond acceptors (Lipinski definition) is 5. The largest absolute Gasteiger partial charge is 0.487 e. The molecule has 2 rings (SSSR count). The summed E-state index contributed by atoms with van der Waals surface area (Å²) in [5.74, 6) is 0.226. The summed E-state index contributed by atoms with van der Waals surface area (Å²) in [5, 5.41) is 14.6. The number of nitrogens with one attached hydrogen (secondary N) is 1. The van der Waals surface area contributed by atoms with E-state index in [0.29, 0.717) is 18.8 Å². The Morgan fingerprint density at radius 2 is 2.25 bits per heavy atom. The van der Waals surface area contributed by atoms with E-state index >= 15 is 0 Å². The van der Waals surface area contributed by atoms with Crippen molar-refractivity contribution in [3.8, 4) is 5.75 Å². The summed E-state index contributed by atoms with van der Waals surface area (Å²) >= 11 is 0. The van der Waals surface area contributed by atoms with Crippen LogP contribution in [0.2, 0.25) is 0 Å². The molecule has 24 heavy (non-hydrogen) atoms. The van der Waals surface area contributed by atoms with Crippen molar-refractivity contribution in [3.63, 3.8) is 0 Å². The zero-order valence-corrected chi connectivity index (χ0v) is 14.4. The van der Waals surface area contributed by atoms with Gasteiger partial charge in [0.25, 0.3) is 0 Å². The molecular formula is C17H25N3O4. The zero-order chi connectivity index (χ0) is 17.7. The maximum Gasteiger partial charge on any atom is 0.333 e. The number of carbonyl (C=O) groups excluding carboxylic acids is 1. The van der Waals surface area contributed by atoms with E-state index < -0.39 is 4.92 Å². The number of ether oxygens (including phenoxy) is 1. The number of amides is 1. The minimum absolute atomic E-state index is 0.00371. The Bertz CT molecular complexity index is 603. The van der Waals surface area contributed by atoms with Crippen molar-refractivity contribution in [2.45, 2.75) is 39.7 Å². The lowest BCUT2D eigenvalue weighted by atomic mass is 10.0. The first-order valence-electron chi connectivity index (χ1n) is 8.39. The molecule has 1 fully saturated rings. The maximum absolute atomic E-state index is 11.9. The fraction of sp³-hybridized carbons (Fsp3) is 0.588. The lowest BCUT2D eigenvalue weighted by Gasteiger charge is -2.34. The smallest absolute Gasteiger partial charge is 0.333 e. The SMILES string of the molecule is CCOc1cccc(N2CCC[C@H](NC(=O)C(C)C)C2)c1[N+](=O)[O-]. The molecule has 1 aliphatic rings. The summed E-state index contributed by atoms with van der Waals surface area (Å²) in [4.78, 5) is 25.0. The molecule has 0 bridgehead atoms. The highest BCUT2D eigenvalue weighted by Crippen LogP contribution is 2.38. The number of nitrogens with zero attached hydrogens (tertiary/aromatic N) is 2. The molecule has 0 saturated carbocycles. The summed E-state index contributed by atoms with van der Waals surface area (Å²) < 4.78 is 5.41. The highest BCUT2D eigenvalue weighted by molar-refractivity contribution is 5.78. The van der Waals surface area contributed by atoms with E-state index in [1.807, 2.05) is 18.7 Å². The first kappa shape index (κ1) is 18.0. The number of benzene rings is 1. The zero-order valence-electron chi connectivity index (χ0n) is 14.4. The summed E-state index contributed by atoms with van der Waals surface area (Å²) in [6.07, 6.45) is 1.76. The van der Waals surface area contributed by atoms with Crippen LogP contribution in [0.5, 0.6) is 5.75 Å². The van der Waals surface area contributed by atoms with Crippen molar-refractivity contribution >= 4 is 17.3 Å². The van der Waals surface area contributed by atoms with Gasteiger partial charge in [-0.1, -0.05) is 19.9 Å². The van der Waals surface area contributed by atoms with Gasteiger partial charge in [-0.25, -0.2) is 0 Å². The lowest BCUT2D eigenvalue weighted by Crippen LogP contribution is -2.48. The molecule has 1 saturated heterocycles. The molecule has 0 unspecified atom stereocenters. The average Bonchev–Trinajstić information content (AvgIpc) is 2.54. The molecule has 1 heterocycles. The summed E-state index contributed by atoms with van der Waals surface area (Å²) in [6, 6.07) is 5.13. The summed E-state index contributed by atoms with van der Waals surface area (Å²) in [7, 11) is 0. The lowest BCUT2D eigenvalue weighted by molar-refractivity contribution is -0.385. The van der Waals surface area contributed by atoms with Crippen LogP contribution in [-0.2, 0) is 4.79 Å². The monoisotopic (exact) mass is 335 g/mol. The van der Waals surface area contributed by atoms with Crippen molar-refractivity contribution in [2.24, 2.45) is 5.92 Å². The van der Waals surface area contributed by atoms with E-state index in [1.54, 1.807) is 25.1 Å². The summed E-state index contributed by atoms with van der Waals surface area (Å²) in [5.41, 5.74) is 0.546. The third-order valence-electron chi connectivity index (χ3n) is 4.09. The van der Waals surface area contributed by atoms with Crippen molar-refractivity contribution in [1.29, 1.82) is 0 Å². The normalized spacial score (nSPS) is 17.7. The first-order chi connectivity index (χ1) is 11.4. The predicted molar refractivity (Wildman–Crippen MR) is 92.5 cm³/mol. The van der Waals surface area contributed by atoms with Gasteiger partial charge in [0.05, 0.1) is 11.5 Å². The van der Waals surface area contributed by atoms with Crippen molar-refractivity contribution in [2.75, 3.05) is 24.6 Å². The minimum Gasteiger partial charge on any atom is -0.487 e. The molecule has 1 atom stereocenters. The van der Waals surface area contributed by atoms with Gasteiger partial charge >= 0.3 is 5.69 Å². The van der Waals surface area contributed by atoms with Crippen molar-refractivity contribution < 1.29 is 14.5 Å².